The Morgan fingerprint density at radius 1 is 1.23 bits per heavy atom. The molecule has 0 aliphatic carbocycles. The highest BCUT2D eigenvalue weighted by Crippen LogP contribution is 2.12. The number of rotatable bonds is 10. The van der Waals surface area contributed by atoms with Crippen molar-refractivity contribution < 1.29 is 23.1 Å². The molecule has 1 N–H and O–H groups in total. The highest BCUT2D eigenvalue weighted by molar-refractivity contribution is 5.94. The van der Waals surface area contributed by atoms with E-state index in [4.69, 9.17) is 9.15 Å². The largest absolute Gasteiger partial charge is 0.472 e. The Morgan fingerprint density at radius 2 is 2.00 bits per heavy atom. The van der Waals surface area contributed by atoms with Crippen molar-refractivity contribution >= 4 is 11.8 Å². The van der Waals surface area contributed by atoms with Gasteiger partial charge in [0.1, 0.15) is 12.1 Å². The van der Waals surface area contributed by atoms with Gasteiger partial charge < -0.3 is 19.4 Å². The molecule has 0 saturated heterocycles. The number of benzene rings is 1. The average molecular weight is 362 g/mol. The summed E-state index contributed by atoms with van der Waals surface area (Å²) in [6.07, 6.45) is 3.70. The zero-order valence-electron chi connectivity index (χ0n) is 14.7. The summed E-state index contributed by atoms with van der Waals surface area (Å²) in [4.78, 5) is 26.1. The molecule has 0 unspecified atom stereocenters. The van der Waals surface area contributed by atoms with E-state index in [2.05, 4.69) is 5.32 Å². The number of hydrogen-bond donors (Lipinski definition) is 1. The number of carbonyl (C=O) groups is 2. The second-order valence-electron chi connectivity index (χ2n) is 5.81. The van der Waals surface area contributed by atoms with Crippen molar-refractivity contribution in [3.8, 4) is 0 Å². The zero-order chi connectivity index (χ0) is 18.8. The molecule has 0 aliphatic heterocycles. The molecular formula is C19H23FN2O4. The smallest absolute Gasteiger partial charge is 0.257 e. The van der Waals surface area contributed by atoms with Crippen molar-refractivity contribution in [3.63, 3.8) is 0 Å². The standard InChI is InChI=1S/C19H23FN2O4/c1-25-11-2-9-21-18(23)7-10-22(19(24)16-8-12-26-14-16)13-15-3-5-17(20)6-4-15/h3-6,8,12,14H,2,7,9-11,13H2,1H3,(H,21,23). The number of halogens is 1. The summed E-state index contributed by atoms with van der Waals surface area (Å²) in [5, 5.41) is 2.79. The lowest BCUT2D eigenvalue weighted by Crippen LogP contribution is -2.35. The summed E-state index contributed by atoms with van der Waals surface area (Å²) in [5.74, 6) is -0.711. The van der Waals surface area contributed by atoms with Crippen LogP contribution in [0.3, 0.4) is 0 Å². The highest BCUT2D eigenvalue weighted by atomic mass is 19.1. The molecule has 0 saturated carbocycles. The minimum Gasteiger partial charge on any atom is -0.472 e. The third-order valence-corrected chi connectivity index (χ3v) is 3.80. The quantitative estimate of drug-likeness (QED) is 0.660. The molecule has 0 radical (unpaired) electrons. The fourth-order valence-electron chi connectivity index (χ4n) is 2.40. The lowest BCUT2D eigenvalue weighted by atomic mass is 10.2. The van der Waals surface area contributed by atoms with Crippen LogP contribution in [0, 0.1) is 5.82 Å². The predicted octanol–water partition coefficient (Wildman–Crippen LogP) is 2.60. The van der Waals surface area contributed by atoms with E-state index >= 15 is 0 Å². The lowest BCUT2D eigenvalue weighted by molar-refractivity contribution is -0.121. The molecule has 6 nitrogen and oxygen atoms in total. The van der Waals surface area contributed by atoms with Gasteiger partial charge in [-0.3, -0.25) is 9.59 Å². The van der Waals surface area contributed by atoms with Gasteiger partial charge in [-0.15, -0.1) is 0 Å². The van der Waals surface area contributed by atoms with Gasteiger partial charge >= 0.3 is 0 Å². The van der Waals surface area contributed by atoms with Crippen LogP contribution in [0.4, 0.5) is 4.39 Å². The maximum atomic E-state index is 13.1. The number of methoxy groups -OCH3 is 1. The van der Waals surface area contributed by atoms with Crippen LogP contribution >= 0.6 is 0 Å². The van der Waals surface area contributed by atoms with E-state index in [-0.39, 0.29) is 37.1 Å². The molecule has 2 rings (SSSR count). The van der Waals surface area contributed by atoms with E-state index in [9.17, 15) is 14.0 Å². The molecule has 7 heteroatoms. The summed E-state index contributed by atoms with van der Waals surface area (Å²) in [6, 6.07) is 7.51. The topological polar surface area (TPSA) is 71.8 Å². The predicted molar refractivity (Wildman–Crippen MR) is 94.0 cm³/mol. The molecular weight excluding hydrogens is 339 g/mol. The van der Waals surface area contributed by atoms with Crippen LogP contribution in [-0.4, -0.2) is 43.5 Å². The van der Waals surface area contributed by atoms with Gasteiger partial charge in [-0.05, 0) is 30.2 Å². The van der Waals surface area contributed by atoms with Gasteiger partial charge in [0, 0.05) is 39.8 Å². The number of hydrogen-bond acceptors (Lipinski definition) is 4. The monoisotopic (exact) mass is 362 g/mol. The van der Waals surface area contributed by atoms with Gasteiger partial charge in [0.05, 0.1) is 11.8 Å². The van der Waals surface area contributed by atoms with Gasteiger partial charge in [-0.25, -0.2) is 4.39 Å². The second-order valence-corrected chi connectivity index (χ2v) is 5.81. The Labute approximate surface area is 151 Å². The Kier molecular flexibility index (Phi) is 7.82. The Balaban J connectivity index is 1.95. The van der Waals surface area contributed by atoms with Crippen molar-refractivity contribution in [3.05, 3.63) is 59.8 Å². The van der Waals surface area contributed by atoms with Crippen LogP contribution in [0.25, 0.3) is 0 Å². The van der Waals surface area contributed by atoms with Crippen molar-refractivity contribution in [2.24, 2.45) is 0 Å². The van der Waals surface area contributed by atoms with Crippen LogP contribution in [0.2, 0.25) is 0 Å². The Bertz CT molecular complexity index is 686. The molecule has 0 spiro atoms. The van der Waals surface area contributed by atoms with Crippen LogP contribution < -0.4 is 5.32 Å². The maximum Gasteiger partial charge on any atom is 0.257 e. The first-order chi connectivity index (χ1) is 12.6. The molecule has 0 aliphatic rings. The summed E-state index contributed by atoms with van der Waals surface area (Å²) >= 11 is 0. The van der Waals surface area contributed by atoms with Crippen LogP contribution in [-0.2, 0) is 16.1 Å². The van der Waals surface area contributed by atoms with E-state index in [0.29, 0.717) is 18.7 Å². The van der Waals surface area contributed by atoms with E-state index < -0.39 is 0 Å². The van der Waals surface area contributed by atoms with E-state index in [1.54, 1.807) is 30.2 Å². The normalized spacial score (nSPS) is 10.5. The number of furan rings is 1. The van der Waals surface area contributed by atoms with Crippen molar-refractivity contribution in [2.75, 3.05) is 26.8 Å². The third-order valence-electron chi connectivity index (χ3n) is 3.80. The summed E-state index contributed by atoms with van der Waals surface area (Å²) in [7, 11) is 1.61. The molecule has 1 aromatic heterocycles. The molecule has 0 fully saturated rings. The second kappa shape index (κ2) is 10.4. The number of nitrogens with one attached hydrogen (secondary N) is 1. The molecule has 1 aromatic carbocycles. The van der Waals surface area contributed by atoms with E-state index in [1.807, 2.05) is 0 Å². The van der Waals surface area contributed by atoms with Crippen molar-refractivity contribution in [2.45, 2.75) is 19.4 Å². The van der Waals surface area contributed by atoms with Gasteiger partial charge in [0.15, 0.2) is 0 Å². The van der Waals surface area contributed by atoms with E-state index in [1.165, 1.54) is 24.7 Å². The average Bonchev–Trinajstić information content (AvgIpc) is 3.18. The lowest BCUT2D eigenvalue weighted by Gasteiger charge is -2.22. The number of nitrogens with zero attached hydrogens (tertiary/aromatic N) is 1. The highest BCUT2D eigenvalue weighted by Gasteiger charge is 2.18. The summed E-state index contributed by atoms with van der Waals surface area (Å²) in [5.41, 5.74) is 1.19. The van der Waals surface area contributed by atoms with Crippen LogP contribution in [0.1, 0.15) is 28.8 Å². The minimum atomic E-state index is -0.336. The summed E-state index contributed by atoms with van der Waals surface area (Å²) < 4.78 is 23.0. The third kappa shape index (κ3) is 6.33. The van der Waals surface area contributed by atoms with Crippen molar-refractivity contribution in [1.82, 2.24) is 10.2 Å². The fourth-order valence-corrected chi connectivity index (χ4v) is 2.40. The Morgan fingerprint density at radius 3 is 2.65 bits per heavy atom. The van der Waals surface area contributed by atoms with Gasteiger partial charge in [0.2, 0.25) is 5.91 Å². The first-order valence-corrected chi connectivity index (χ1v) is 8.41. The molecule has 1 heterocycles. The van der Waals surface area contributed by atoms with Crippen molar-refractivity contribution in [1.29, 1.82) is 0 Å². The Hall–Kier alpha value is -2.67. The molecule has 2 aromatic rings. The molecule has 26 heavy (non-hydrogen) atoms. The maximum absolute atomic E-state index is 13.1. The number of amides is 2. The fraction of sp³-hybridized carbons (Fsp3) is 0.368. The molecule has 0 atom stereocenters. The summed E-state index contributed by atoms with van der Waals surface area (Å²) in [6.45, 7) is 1.63. The van der Waals surface area contributed by atoms with E-state index in [0.717, 1.165) is 12.0 Å². The van der Waals surface area contributed by atoms with Crippen LogP contribution in [0.5, 0.6) is 0 Å². The molecule has 0 bridgehead atoms. The first-order valence-electron chi connectivity index (χ1n) is 8.41. The number of ether oxygens (including phenoxy) is 1. The van der Waals surface area contributed by atoms with Gasteiger partial charge in [-0.2, -0.15) is 0 Å². The first kappa shape index (κ1) is 19.7. The zero-order valence-corrected chi connectivity index (χ0v) is 14.7. The SMILES string of the molecule is COCCCNC(=O)CCN(Cc1ccc(F)cc1)C(=O)c1ccoc1. The van der Waals surface area contributed by atoms with Gasteiger partial charge in [0.25, 0.3) is 5.91 Å². The molecule has 2 amide bonds. The van der Waals surface area contributed by atoms with Gasteiger partial charge in [-0.1, -0.05) is 12.1 Å². The number of carbonyl (C=O) groups excluding carboxylic acids is 2. The molecule has 140 valence electrons. The minimum absolute atomic E-state index is 0.134. The van der Waals surface area contributed by atoms with Crippen LogP contribution in [0.15, 0.2) is 47.3 Å².